The van der Waals surface area contributed by atoms with E-state index in [2.05, 4.69) is 50.3 Å². The highest BCUT2D eigenvalue weighted by molar-refractivity contribution is 5.87. The van der Waals surface area contributed by atoms with Crippen molar-refractivity contribution in [3.63, 3.8) is 0 Å². The minimum absolute atomic E-state index is 0.198. The SMILES string of the molecule is CN(C)CC(C)(C)CNCc1c(O)ccc2ccccc12. The van der Waals surface area contributed by atoms with Gasteiger partial charge in [0.2, 0.25) is 0 Å². The van der Waals surface area contributed by atoms with Gasteiger partial charge in [-0.3, -0.25) is 0 Å². The van der Waals surface area contributed by atoms with Gasteiger partial charge in [0, 0.05) is 25.2 Å². The maximum atomic E-state index is 10.1. The zero-order chi connectivity index (χ0) is 15.5. The van der Waals surface area contributed by atoms with Crippen LogP contribution in [-0.2, 0) is 6.54 Å². The molecule has 21 heavy (non-hydrogen) atoms. The Balaban J connectivity index is 2.09. The van der Waals surface area contributed by atoms with E-state index in [1.165, 1.54) is 5.39 Å². The third-order valence-electron chi connectivity index (χ3n) is 3.67. The molecule has 114 valence electrons. The van der Waals surface area contributed by atoms with Crippen LogP contribution in [-0.4, -0.2) is 37.2 Å². The third-order valence-corrected chi connectivity index (χ3v) is 3.67. The molecule has 0 radical (unpaired) electrons. The minimum Gasteiger partial charge on any atom is -0.508 e. The monoisotopic (exact) mass is 286 g/mol. The van der Waals surface area contributed by atoms with Crippen LogP contribution in [0.4, 0.5) is 0 Å². The fourth-order valence-electron chi connectivity index (χ4n) is 2.95. The predicted molar refractivity (Wildman–Crippen MR) is 89.7 cm³/mol. The summed E-state index contributed by atoms with van der Waals surface area (Å²) in [6.45, 7) is 7.13. The van der Waals surface area contributed by atoms with Gasteiger partial charge in [0.05, 0.1) is 0 Å². The van der Waals surface area contributed by atoms with Crippen molar-refractivity contribution in [1.82, 2.24) is 10.2 Å². The van der Waals surface area contributed by atoms with Gasteiger partial charge in [0.25, 0.3) is 0 Å². The van der Waals surface area contributed by atoms with E-state index in [1.54, 1.807) is 6.07 Å². The first-order valence-corrected chi connectivity index (χ1v) is 7.44. The van der Waals surface area contributed by atoms with Crippen molar-refractivity contribution in [2.45, 2.75) is 20.4 Å². The topological polar surface area (TPSA) is 35.5 Å². The third kappa shape index (κ3) is 4.19. The van der Waals surface area contributed by atoms with E-state index in [4.69, 9.17) is 0 Å². The quantitative estimate of drug-likeness (QED) is 0.856. The molecular weight excluding hydrogens is 260 g/mol. The van der Waals surface area contributed by atoms with Gasteiger partial charge in [-0.15, -0.1) is 0 Å². The van der Waals surface area contributed by atoms with Crippen LogP contribution in [0.1, 0.15) is 19.4 Å². The second-order valence-electron chi connectivity index (χ2n) is 6.79. The van der Waals surface area contributed by atoms with Crippen LogP contribution in [0, 0.1) is 5.41 Å². The highest BCUT2D eigenvalue weighted by atomic mass is 16.3. The molecule has 2 N–H and O–H groups in total. The number of nitrogens with zero attached hydrogens (tertiary/aromatic N) is 1. The fourth-order valence-corrected chi connectivity index (χ4v) is 2.95. The molecule has 2 aromatic carbocycles. The number of phenolic OH excluding ortho intramolecular Hbond substituents is 1. The molecule has 0 aliphatic heterocycles. The Bertz CT molecular complexity index is 605. The number of aromatic hydroxyl groups is 1. The summed E-state index contributed by atoms with van der Waals surface area (Å²) in [6, 6.07) is 11.9. The second kappa shape index (κ2) is 6.46. The fraction of sp³-hybridized carbons (Fsp3) is 0.444. The van der Waals surface area contributed by atoms with Crippen LogP contribution in [0.15, 0.2) is 36.4 Å². The lowest BCUT2D eigenvalue weighted by molar-refractivity contribution is 0.232. The normalized spacial score (nSPS) is 12.2. The average molecular weight is 286 g/mol. The Kier molecular flexibility index (Phi) is 4.86. The summed E-state index contributed by atoms with van der Waals surface area (Å²) < 4.78 is 0. The molecule has 0 aliphatic carbocycles. The molecule has 0 unspecified atom stereocenters. The van der Waals surface area contributed by atoms with Crippen LogP contribution in [0.2, 0.25) is 0 Å². The predicted octanol–water partition coefficient (Wildman–Crippen LogP) is 3.22. The van der Waals surface area contributed by atoms with E-state index in [-0.39, 0.29) is 5.41 Å². The zero-order valence-corrected chi connectivity index (χ0v) is 13.5. The van der Waals surface area contributed by atoms with Crippen LogP contribution in [0.3, 0.4) is 0 Å². The molecule has 0 aliphatic rings. The zero-order valence-electron chi connectivity index (χ0n) is 13.5. The average Bonchev–Trinajstić information content (AvgIpc) is 2.39. The molecule has 0 saturated heterocycles. The van der Waals surface area contributed by atoms with Crippen molar-refractivity contribution in [3.8, 4) is 5.75 Å². The van der Waals surface area contributed by atoms with Crippen molar-refractivity contribution in [3.05, 3.63) is 42.0 Å². The van der Waals surface area contributed by atoms with E-state index in [1.807, 2.05) is 18.2 Å². The Labute approximate surface area is 127 Å². The maximum Gasteiger partial charge on any atom is 0.120 e. The van der Waals surface area contributed by atoms with Crippen LogP contribution >= 0.6 is 0 Å². The number of phenols is 1. The lowest BCUT2D eigenvalue weighted by atomic mass is 9.92. The first kappa shape index (κ1) is 15.8. The highest BCUT2D eigenvalue weighted by Crippen LogP contribution is 2.27. The van der Waals surface area contributed by atoms with E-state index in [9.17, 15) is 5.11 Å². The maximum absolute atomic E-state index is 10.1. The Hall–Kier alpha value is -1.58. The van der Waals surface area contributed by atoms with Crippen molar-refractivity contribution in [2.75, 3.05) is 27.2 Å². The van der Waals surface area contributed by atoms with Gasteiger partial charge in [0.15, 0.2) is 0 Å². The molecule has 0 bridgehead atoms. The Morgan fingerprint density at radius 1 is 1.10 bits per heavy atom. The first-order valence-electron chi connectivity index (χ1n) is 7.44. The Morgan fingerprint density at radius 3 is 2.52 bits per heavy atom. The smallest absolute Gasteiger partial charge is 0.120 e. The molecule has 2 aromatic rings. The van der Waals surface area contributed by atoms with E-state index in [0.717, 1.165) is 24.0 Å². The van der Waals surface area contributed by atoms with E-state index < -0.39 is 0 Å². The minimum atomic E-state index is 0.198. The molecule has 0 aromatic heterocycles. The molecule has 0 amide bonds. The van der Waals surface area contributed by atoms with Crippen molar-refractivity contribution in [1.29, 1.82) is 0 Å². The van der Waals surface area contributed by atoms with Gasteiger partial charge in [-0.1, -0.05) is 44.2 Å². The largest absolute Gasteiger partial charge is 0.508 e. The number of rotatable bonds is 6. The van der Waals surface area contributed by atoms with E-state index >= 15 is 0 Å². The molecule has 3 heteroatoms. The number of fused-ring (bicyclic) bond motifs is 1. The highest BCUT2D eigenvalue weighted by Gasteiger charge is 2.18. The van der Waals surface area contributed by atoms with Crippen molar-refractivity contribution in [2.24, 2.45) is 5.41 Å². The molecule has 3 nitrogen and oxygen atoms in total. The number of nitrogens with one attached hydrogen (secondary N) is 1. The summed E-state index contributed by atoms with van der Waals surface area (Å²) in [6.07, 6.45) is 0. The van der Waals surface area contributed by atoms with Crippen LogP contribution in [0.25, 0.3) is 10.8 Å². The molecule has 0 fully saturated rings. The molecule has 0 saturated carbocycles. The number of benzene rings is 2. The van der Waals surface area contributed by atoms with Gasteiger partial charge in [-0.05, 0) is 36.3 Å². The van der Waals surface area contributed by atoms with Gasteiger partial charge in [-0.2, -0.15) is 0 Å². The summed E-state index contributed by atoms with van der Waals surface area (Å²) in [5.41, 5.74) is 1.18. The Morgan fingerprint density at radius 2 is 1.81 bits per heavy atom. The summed E-state index contributed by atoms with van der Waals surface area (Å²) in [5.74, 6) is 0.367. The molecule has 0 spiro atoms. The van der Waals surface area contributed by atoms with Gasteiger partial charge in [-0.25, -0.2) is 0 Å². The van der Waals surface area contributed by atoms with Crippen LogP contribution < -0.4 is 5.32 Å². The number of hydrogen-bond donors (Lipinski definition) is 2. The van der Waals surface area contributed by atoms with Gasteiger partial charge < -0.3 is 15.3 Å². The summed E-state index contributed by atoms with van der Waals surface area (Å²) >= 11 is 0. The van der Waals surface area contributed by atoms with Crippen molar-refractivity contribution < 1.29 is 5.11 Å². The van der Waals surface area contributed by atoms with Gasteiger partial charge >= 0.3 is 0 Å². The summed E-state index contributed by atoms with van der Waals surface area (Å²) in [4.78, 5) is 2.21. The lowest BCUT2D eigenvalue weighted by Gasteiger charge is -2.28. The molecule has 2 rings (SSSR count). The first-order chi connectivity index (χ1) is 9.89. The second-order valence-corrected chi connectivity index (χ2v) is 6.79. The standard InChI is InChI=1S/C18H26N2O/c1-18(2,13-20(3)4)12-19-11-16-15-8-6-5-7-14(15)9-10-17(16)21/h5-10,19,21H,11-13H2,1-4H3. The van der Waals surface area contributed by atoms with Gasteiger partial charge in [0.1, 0.15) is 5.75 Å². The van der Waals surface area contributed by atoms with E-state index in [0.29, 0.717) is 12.3 Å². The molecular formula is C18H26N2O. The summed E-state index contributed by atoms with van der Waals surface area (Å²) in [7, 11) is 4.19. The van der Waals surface area contributed by atoms with Crippen LogP contribution in [0.5, 0.6) is 5.75 Å². The molecule has 0 heterocycles. The lowest BCUT2D eigenvalue weighted by Crippen LogP contribution is -2.37. The molecule has 0 atom stereocenters. The number of hydrogen-bond acceptors (Lipinski definition) is 3. The van der Waals surface area contributed by atoms with Crippen molar-refractivity contribution >= 4 is 10.8 Å². The summed E-state index contributed by atoms with van der Waals surface area (Å²) in [5, 5.41) is 15.9.